The molecule has 1 saturated heterocycles. The number of likely N-dealkylation sites (N-methyl/N-ethyl adjacent to an activating group) is 1. The Bertz CT molecular complexity index is 1450. The molecule has 208 valence electrons. The highest BCUT2D eigenvalue weighted by molar-refractivity contribution is 5.95. The Kier molecular flexibility index (Phi) is 9.27. The number of nitriles is 1. The van der Waals surface area contributed by atoms with E-state index in [1.165, 1.54) is 18.2 Å². The molecule has 4 heterocycles. The van der Waals surface area contributed by atoms with Crippen molar-refractivity contribution >= 4 is 23.9 Å². The number of hydrogen-bond acceptors (Lipinski definition) is 10. The molecule has 0 aromatic carbocycles. The first-order valence-corrected chi connectivity index (χ1v) is 12.8. The molecule has 1 amide bonds. The van der Waals surface area contributed by atoms with Crippen LogP contribution in [0.2, 0.25) is 0 Å². The normalized spacial score (nSPS) is 13.9. The maximum atomic E-state index is 12.6. The molecule has 0 saturated carbocycles. The van der Waals surface area contributed by atoms with Crippen molar-refractivity contribution in [3.05, 3.63) is 59.2 Å². The van der Waals surface area contributed by atoms with Gasteiger partial charge in [-0.2, -0.15) is 5.26 Å². The van der Waals surface area contributed by atoms with E-state index in [0.717, 1.165) is 12.8 Å². The monoisotopic (exact) mass is 545 g/mol. The van der Waals surface area contributed by atoms with Gasteiger partial charge < -0.3 is 28.6 Å². The summed E-state index contributed by atoms with van der Waals surface area (Å²) in [4.78, 5) is 27.1. The zero-order valence-electron chi connectivity index (χ0n) is 22.7. The second-order valence-corrected chi connectivity index (χ2v) is 9.00. The number of allylic oxidation sites excluding steroid dienone is 1. The zero-order chi connectivity index (χ0) is 28.6. The molecule has 1 aliphatic rings. The van der Waals surface area contributed by atoms with Crippen molar-refractivity contribution in [2.45, 2.75) is 25.9 Å². The van der Waals surface area contributed by atoms with E-state index >= 15 is 0 Å². The van der Waals surface area contributed by atoms with Gasteiger partial charge in [0.25, 0.3) is 5.91 Å². The van der Waals surface area contributed by atoms with Crippen LogP contribution in [-0.2, 0) is 4.74 Å². The van der Waals surface area contributed by atoms with E-state index in [2.05, 4.69) is 27.7 Å². The van der Waals surface area contributed by atoms with Gasteiger partial charge in [-0.1, -0.05) is 6.08 Å². The second kappa shape index (κ2) is 13.0. The van der Waals surface area contributed by atoms with Crippen LogP contribution in [-0.4, -0.2) is 79.2 Å². The van der Waals surface area contributed by atoms with Crippen molar-refractivity contribution in [1.29, 1.82) is 5.26 Å². The van der Waals surface area contributed by atoms with Gasteiger partial charge in [0.2, 0.25) is 0 Å². The molecule has 40 heavy (non-hydrogen) atoms. The highest BCUT2D eigenvalue weighted by atomic mass is 16.5. The molecule has 0 bridgehead atoms. The van der Waals surface area contributed by atoms with Gasteiger partial charge >= 0.3 is 0 Å². The van der Waals surface area contributed by atoms with Gasteiger partial charge in [0.1, 0.15) is 29.3 Å². The molecule has 4 rings (SSSR count). The fourth-order valence-corrected chi connectivity index (χ4v) is 4.32. The minimum Gasteiger partial charge on any atom is -0.494 e. The molecule has 0 spiro atoms. The van der Waals surface area contributed by atoms with Gasteiger partial charge in [-0.15, -0.1) is 0 Å². The molecule has 1 N–H and O–H groups in total. The van der Waals surface area contributed by atoms with E-state index in [1.807, 2.05) is 13.0 Å². The third-order valence-corrected chi connectivity index (χ3v) is 6.45. The van der Waals surface area contributed by atoms with Gasteiger partial charge in [0, 0.05) is 44.3 Å². The van der Waals surface area contributed by atoms with Crippen LogP contribution in [0.15, 0.2) is 45.9 Å². The molecule has 0 radical (unpaired) electrons. The van der Waals surface area contributed by atoms with E-state index in [1.54, 1.807) is 31.3 Å². The van der Waals surface area contributed by atoms with Gasteiger partial charge in [-0.05, 0) is 31.8 Å². The van der Waals surface area contributed by atoms with Crippen molar-refractivity contribution in [3.63, 3.8) is 0 Å². The highest BCUT2D eigenvalue weighted by Crippen LogP contribution is 2.40. The minimum absolute atomic E-state index is 0.0295. The van der Waals surface area contributed by atoms with E-state index in [-0.39, 0.29) is 30.9 Å². The first-order chi connectivity index (χ1) is 19.4. The number of rotatable bonds is 10. The number of nitrogens with zero attached hydrogens (tertiary/aromatic N) is 5. The van der Waals surface area contributed by atoms with Crippen LogP contribution in [0.3, 0.4) is 0 Å². The summed E-state index contributed by atoms with van der Waals surface area (Å²) in [6.07, 6.45) is 4.71. The number of carbonyl (C=O) groups is 1. The molecule has 0 unspecified atom stereocenters. The molecule has 3 aromatic heterocycles. The molecular weight excluding hydrogens is 514 g/mol. The lowest BCUT2D eigenvalue weighted by atomic mass is 10.1. The summed E-state index contributed by atoms with van der Waals surface area (Å²) in [6.45, 7) is 6.79. The molecule has 3 aromatic rings. The zero-order valence-corrected chi connectivity index (χ0v) is 22.7. The summed E-state index contributed by atoms with van der Waals surface area (Å²) in [6, 6.07) is 8.87. The van der Waals surface area contributed by atoms with Crippen LogP contribution in [0.4, 0.5) is 5.69 Å². The Labute approximate surface area is 232 Å². The Morgan fingerprint density at radius 3 is 2.75 bits per heavy atom. The third-order valence-electron chi connectivity index (χ3n) is 6.45. The quantitative estimate of drug-likeness (QED) is 0.374. The van der Waals surface area contributed by atoms with Crippen LogP contribution >= 0.6 is 0 Å². The topological polar surface area (TPSA) is 143 Å². The van der Waals surface area contributed by atoms with Crippen LogP contribution in [0.25, 0.3) is 17.0 Å². The Morgan fingerprint density at radius 1 is 1.32 bits per heavy atom. The average molecular weight is 546 g/mol. The van der Waals surface area contributed by atoms with Gasteiger partial charge in [-0.25, -0.2) is 9.97 Å². The molecule has 1 aliphatic heterocycles. The van der Waals surface area contributed by atoms with Gasteiger partial charge in [0.15, 0.2) is 23.0 Å². The number of aromatic nitrogens is 2. The van der Waals surface area contributed by atoms with E-state index in [4.69, 9.17) is 23.7 Å². The molecule has 11 nitrogen and oxygen atoms in total. The summed E-state index contributed by atoms with van der Waals surface area (Å²) in [5, 5.41) is 18.9. The van der Waals surface area contributed by atoms with Crippen molar-refractivity contribution < 1.29 is 28.5 Å². The first-order valence-electron chi connectivity index (χ1n) is 12.8. The van der Waals surface area contributed by atoms with Gasteiger partial charge in [-0.3, -0.25) is 9.79 Å². The van der Waals surface area contributed by atoms with Gasteiger partial charge in [0.05, 0.1) is 38.2 Å². The lowest BCUT2D eigenvalue weighted by molar-refractivity contribution is 0.0253. The van der Waals surface area contributed by atoms with Crippen LogP contribution in [0.1, 0.15) is 47.3 Å². The molecule has 1 fully saturated rings. The number of aliphatic hydroxyl groups is 1. The number of ether oxygens (including phenoxy) is 3. The number of methoxy groups -OCH3 is 1. The summed E-state index contributed by atoms with van der Waals surface area (Å²) in [7, 11) is 3.06. The van der Waals surface area contributed by atoms with E-state index < -0.39 is 0 Å². The van der Waals surface area contributed by atoms with Crippen LogP contribution in [0.5, 0.6) is 11.5 Å². The Morgan fingerprint density at radius 2 is 2.10 bits per heavy atom. The second-order valence-electron chi connectivity index (χ2n) is 9.00. The number of amides is 1. The van der Waals surface area contributed by atoms with Crippen molar-refractivity contribution in [1.82, 2.24) is 14.9 Å². The lowest BCUT2D eigenvalue weighted by Gasteiger charge is -2.23. The summed E-state index contributed by atoms with van der Waals surface area (Å²) >= 11 is 0. The minimum atomic E-state index is -0.306. The van der Waals surface area contributed by atoms with Crippen molar-refractivity contribution in [3.8, 4) is 29.0 Å². The molecule has 0 aliphatic carbocycles. The Balaban J connectivity index is 1.67. The predicted octanol–water partition coefficient (Wildman–Crippen LogP) is 4.02. The maximum Gasteiger partial charge on any atom is 0.255 e. The summed E-state index contributed by atoms with van der Waals surface area (Å²) < 4.78 is 23.2. The smallest absolute Gasteiger partial charge is 0.255 e. The van der Waals surface area contributed by atoms with Crippen molar-refractivity contribution in [2.24, 2.45) is 4.99 Å². The summed E-state index contributed by atoms with van der Waals surface area (Å²) in [5.41, 5.74) is 2.36. The third kappa shape index (κ3) is 6.03. The Hall–Kier alpha value is -4.53. The average Bonchev–Trinajstić information content (AvgIpc) is 3.41. The fraction of sp³-hybridized carbons (Fsp3) is 0.345. The standard InChI is InChI=1S/C29H31N5O6/c1-5-20(21-6-7-24(23(16-30)33-21)39-19-8-12-38-13-9-19)28-22(31-2)15-26(40-28)27-25(37-4)14-18(17-32-27)29(36)34(3)10-11-35/h5-7,14-15,17,19,35H,2,8-13H2,1,3-4H3/b20-5-. The SMILES string of the molecule is C=Nc1cc(-c2ncc(C(=O)N(C)CCO)cc2OC)oc1/C(=C\C)c1ccc(OC2CCOCC2)c(C#N)n1. The number of aliphatic imine (C=N–C) groups is 1. The van der Waals surface area contributed by atoms with Crippen LogP contribution in [0, 0.1) is 11.3 Å². The van der Waals surface area contributed by atoms with Crippen LogP contribution < -0.4 is 9.47 Å². The number of hydrogen-bond donors (Lipinski definition) is 1. The van der Waals surface area contributed by atoms with E-state index in [0.29, 0.717) is 64.4 Å². The first kappa shape index (κ1) is 28.5. The predicted molar refractivity (Wildman–Crippen MR) is 148 cm³/mol. The lowest BCUT2D eigenvalue weighted by Crippen LogP contribution is -2.29. The molecule has 11 heteroatoms. The fourth-order valence-electron chi connectivity index (χ4n) is 4.32. The largest absolute Gasteiger partial charge is 0.494 e. The number of furan rings is 1. The van der Waals surface area contributed by atoms with Crippen molar-refractivity contribution in [2.75, 3.05) is 40.5 Å². The van der Waals surface area contributed by atoms with E-state index in [9.17, 15) is 10.1 Å². The molecule has 0 atom stereocenters. The highest BCUT2D eigenvalue weighted by Gasteiger charge is 2.24. The summed E-state index contributed by atoms with van der Waals surface area (Å²) in [5.74, 6) is 1.16. The number of aliphatic hydroxyl groups excluding tert-OH is 1. The number of carbonyl (C=O) groups excluding carboxylic acids is 1. The maximum absolute atomic E-state index is 12.6. The molecular formula is C29H31N5O6. The number of pyridine rings is 2.